The van der Waals surface area contributed by atoms with E-state index in [1.807, 2.05) is 13.1 Å². The maximum Gasteiger partial charge on any atom is 0.125 e. The second-order valence-electron chi connectivity index (χ2n) is 3.03. The van der Waals surface area contributed by atoms with Gasteiger partial charge in [-0.25, -0.2) is 4.98 Å². The first-order valence-corrected chi connectivity index (χ1v) is 4.19. The van der Waals surface area contributed by atoms with Gasteiger partial charge in [0, 0.05) is 18.4 Å². The fraction of sp³-hybridized carbons (Fsp3) is 0.625. The Labute approximate surface area is 95.6 Å². The Balaban J connectivity index is 0.000000845. The Morgan fingerprint density at radius 3 is 2.79 bits per heavy atom. The largest absolute Gasteiger partial charge is 0.378 e. The third-order valence-electron chi connectivity index (χ3n) is 1.97. The molecule has 0 spiro atoms. The molecule has 2 N–H and O–H groups in total. The third kappa shape index (κ3) is 3.13. The molecular formula is C8H15Cl2N3O. The number of nitrogens with zero attached hydrogens (tertiary/aromatic N) is 1. The summed E-state index contributed by atoms with van der Waals surface area (Å²) >= 11 is 0. The lowest BCUT2D eigenvalue weighted by Gasteiger charge is -2.21. The van der Waals surface area contributed by atoms with Crippen LogP contribution in [0.3, 0.4) is 0 Å². The van der Waals surface area contributed by atoms with Crippen molar-refractivity contribution < 1.29 is 4.74 Å². The predicted molar refractivity (Wildman–Crippen MR) is 59.4 cm³/mol. The number of halogens is 2. The van der Waals surface area contributed by atoms with Crippen LogP contribution in [0.1, 0.15) is 17.6 Å². The summed E-state index contributed by atoms with van der Waals surface area (Å²) in [5, 5.41) is 3.33. The molecule has 0 radical (unpaired) electrons. The Kier molecular flexibility index (Phi) is 6.11. The minimum atomic E-state index is 0. The summed E-state index contributed by atoms with van der Waals surface area (Å²) in [7, 11) is 0. The highest BCUT2D eigenvalue weighted by molar-refractivity contribution is 5.85. The van der Waals surface area contributed by atoms with Gasteiger partial charge in [0.05, 0.1) is 19.3 Å². The molecule has 0 bridgehead atoms. The highest BCUT2D eigenvalue weighted by Crippen LogP contribution is 2.11. The quantitative estimate of drug-likeness (QED) is 0.776. The van der Waals surface area contributed by atoms with Crippen molar-refractivity contribution in [2.45, 2.75) is 13.0 Å². The van der Waals surface area contributed by atoms with E-state index < -0.39 is 0 Å². The van der Waals surface area contributed by atoms with E-state index in [1.54, 1.807) is 0 Å². The van der Waals surface area contributed by atoms with Gasteiger partial charge in [0.25, 0.3) is 0 Å². The standard InChI is InChI=1S/C8H13N3O.2ClH/c1-6-4-10-8(11-6)7-5-12-3-2-9-7;;/h4,7,9H,2-3,5H2,1H3,(H,10,11);2*1H. The zero-order valence-corrected chi connectivity index (χ0v) is 9.58. The van der Waals surface area contributed by atoms with Crippen LogP contribution in [-0.2, 0) is 4.74 Å². The minimum absolute atomic E-state index is 0. The molecule has 1 atom stereocenters. The van der Waals surface area contributed by atoms with Crippen molar-refractivity contribution in [2.24, 2.45) is 0 Å². The first-order valence-electron chi connectivity index (χ1n) is 4.19. The molecule has 14 heavy (non-hydrogen) atoms. The summed E-state index contributed by atoms with van der Waals surface area (Å²) in [6.07, 6.45) is 1.84. The normalized spacial score (nSPS) is 20.8. The van der Waals surface area contributed by atoms with E-state index in [-0.39, 0.29) is 30.9 Å². The Morgan fingerprint density at radius 1 is 1.50 bits per heavy atom. The summed E-state index contributed by atoms with van der Waals surface area (Å²) in [6, 6.07) is 0.243. The van der Waals surface area contributed by atoms with Crippen LogP contribution < -0.4 is 5.32 Å². The van der Waals surface area contributed by atoms with Crippen LogP contribution in [0.15, 0.2) is 6.20 Å². The van der Waals surface area contributed by atoms with E-state index in [2.05, 4.69) is 15.3 Å². The van der Waals surface area contributed by atoms with Gasteiger partial charge in [-0.15, -0.1) is 24.8 Å². The van der Waals surface area contributed by atoms with Gasteiger partial charge < -0.3 is 15.0 Å². The van der Waals surface area contributed by atoms with Gasteiger partial charge in [0.2, 0.25) is 0 Å². The lowest BCUT2D eigenvalue weighted by Crippen LogP contribution is -2.35. The number of aryl methyl sites for hydroxylation is 1. The summed E-state index contributed by atoms with van der Waals surface area (Å²) in [6.45, 7) is 4.42. The molecule has 0 saturated carbocycles. The molecule has 0 aromatic carbocycles. The molecule has 82 valence electrons. The fourth-order valence-electron chi connectivity index (χ4n) is 1.35. The monoisotopic (exact) mass is 239 g/mol. The number of hydrogen-bond donors (Lipinski definition) is 2. The van der Waals surface area contributed by atoms with Crippen molar-refractivity contribution in [3.05, 3.63) is 17.7 Å². The molecule has 1 unspecified atom stereocenters. The van der Waals surface area contributed by atoms with Crippen molar-refractivity contribution in [3.8, 4) is 0 Å². The number of H-pyrrole nitrogens is 1. The van der Waals surface area contributed by atoms with Crippen molar-refractivity contribution in [3.63, 3.8) is 0 Å². The van der Waals surface area contributed by atoms with Crippen molar-refractivity contribution in [1.29, 1.82) is 0 Å². The first kappa shape index (κ1) is 13.7. The zero-order chi connectivity index (χ0) is 8.39. The summed E-state index contributed by atoms with van der Waals surface area (Å²) < 4.78 is 5.32. The Bertz CT molecular complexity index is 261. The smallest absolute Gasteiger partial charge is 0.125 e. The molecule has 4 nitrogen and oxygen atoms in total. The second kappa shape index (κ2) is 6.24. The Hall–Kier alpha value is -0.290. The van der Waals surface area contributed by atoms with E-state index in [9.17, 15) is 0 Å². The van der Waals surface area contributed by atoms with Crippen LogP contribution in [0, 0.1) is 6.92 Å². The molecule has 2 heterocycles. The molecule has 1 fully saturated rings. The summed E-state index contributed by atoms with van der Waals surface area (Å²) in [4.78, 5) is 7.43. The number of aromatic amines is 1. The van der Waals surface area contributed by atoms with Crippen LogP contribution in [0.25, 0.3) is 0 Å². The van der Waals surface area contributed by atoms with Crippen molar-refractivity contribution in [1.82, 2.24) is 15.3 Å². The number of ether oxygens (including phenoxy) is 1. The van der Waals surface area contributed by atoms with Gasteiger partial charge >= 0.3 is 0 Å². The van der Waals surface area contributed by atoms with Gasteiger partial charge in [0.1, 0.15) is 5.82 Å². The van der Waals surface area contributed by atoms with E-state index in [4.69, 9.17) is 4.74 Å². The molecule has 0 aliphatic carbocycles. The van der Waals surface area contributed by atoms with E-state index in [1.165, 1.54) is 0 Å². The van der Waals surface area contributed by atoms with Crippen LogP contribution >= 0.6 is 24.8 Å². The number of imidazole rings is 1. The van der Waals surface area contributed by atoms with Crippen molar-refractivity contribution >= 4 is 24.8 Å². The number of rotatable bonds is 1. The number of morpholine rings is 1. The Morgan fingerprint density at radius 2 is 2.29 bits per heavy atom. The summed E-state index contributed by atoms with van der Waals surface area (Å²) in [5.74, 6) is 0.979. The highest BCUT2D eigenvalue weighted by Gasteiger charge is 2.17. The number of hydrogen-bond acceptors (Lipinski definition) is 3. The minimum Gasteiger partial charge on any atom is -0.378 e. The molecule has 1 saturated heterocycles. The van der Waals surface area contributed by atoms with Gasteiger partial charge in [-0.1, -0.05) is 0 Å². The first-order chi connectivity index (χ1) is 5.86. The van der Waals surface area contributed by atoms with Crippen molar-refractivity contribution in [2.75, 3.05) is 19.8 Å². The molecule has 6 heteroatoms. The topological polar surface area (TPSA) is 49.9 Å². The van der Waals surface area contributed by atoms with Gasteiger partial charge in [-0.3, -0.25) is 0 Å². The molecule has 2 rings (SSSR count). The lowest BCUT2D eigenvalue weighted by molar-refractivity contribution is 0.0744. The van der Waals surface area contributed by atoms with Crippen LogP contribution in [0.2, 0.25) is 0 Å². The zero-order valence-electron chi connectivity index (χ0n) is 7.95. The molecule has 1 aromatic rings. The van der Waals surface area contributed by atoms with E-state index in [0.29, 0.717) is 6.61 Å². The van der Waals surface area contributed by atoms with Gasteiger partial charge in [-0.05, 0) is 6.92 Å². The van der Waals surface area contributed by atoms with Crippen LogP contribution in [0.4, 0.5) is 0 Å². The fourth-order valence-corrected chi connectivity index (χ4v) is 1.35. The molecular weight excluding hydrogens is 225 g/mol. The second-order valence-corrected chi connectivity index (χ2v) is 3.03. The maximum absolute atomic E-state index is 5.32. The van der Waals surface area contributed by atoms with Crippen LogP contribution in [0.5, 0.6) is 0 Å². The summed E-state index contributed by atoms with van der Waals surface area (Å²) in [5.41, 5.74) is 1.09. The lowest BCUT2D eigenvalue weighted by atomic mass is 10.2. The average molecular weight is 240 g/mol. The SMILES string of the molecule is Cc1cnc(C2COCCN2)[nH]1.Cl.Cl. The molecule has 1 aliphatic rings. The number of nitrogens with one attached hydrogen (secondary N) is 2. The number of aromatic nitrogens is 2. The van der Waals surface area contributed by atoms with Gasteiger partial charge in [-0.2, -0.15) is 0 Å². The van der Waals surface area contributed by atoms with E-state index >= 15 is 0 Å². The molecule has 1 aromatic heterocycles. The maximum atomic E-state index is 5.32. The van der Waals surface area contributed by atoms with Gasteiger partial charge in [0.15, 0.2) is 0 Å². The molecule has 1 aliphatic heterocycles. The predicted octanol–water partition coefficient (Wildman–Crippen LogP) is 1.22. The highest BCUT2D eigenvalue weighted by atomic mass is 35.5. The molecule has 0 amide bonds. The van der Waals surface area contributed by atoms with Crippen LogP contribution in [-0.4, -0.2) is 29.7 Å². The average Bonchev–Trinajstić information content (AvgIpc) is 2.54. The third-order valence-corrected chi connectivity index (χ3v) is 1.97. The van der Waals surface area contributed by atoms with E-state index in [0.717, 1.165) is 24.7 Å².